The largest absolute Gasteiger partial charge is 0.756 e. The number of carbonyl (C=O) groups is 2. The molecule has 0 rings (SSSR count). The number of quaternary nitrogens is 1. The van der Waals surface area contributed by atoms with Crippen LogP contribution in [0.3, 0.4) is 0 Å². The van der Waals surface area contributed by atoms with Crippen LogP contribution in [0.4, 0.5) is 0 Å². The van der Waals surface area contributed by atoms with E-state index in [4.69, 9.17) is 18.5 Å². The maximum Gasteiger partial charge on any atom is 0.306 e. The van der Waals surface area contributed by atoms with E-state index in [-0.39, 0.29) is 26.1 Å². The average molecular weight is 728 g/mol. The molecule has 0 saturated carbocycles. The minimum Gasteiger partial charge on any atom is -0.756 e. The maximum atomic E-state index is 12.6. The first-order valence-corrected chi connectivity index (χ1v) is 21.2. The molecule has 0 heterocycles. The topological polar surface area (TPSA) is 111 Å². The Kier molecular flexibility index (Phi) is 31.9. The standard InChI is InChI=1S/C40H74NO8P/c1-6-8-10-12-14-16-18-19-20-21-23-24-26-28-30-32-39(42)46-36-38(37-48-50(44,45)47-35-34-41(3,4)5)49-40(43)33-31-29-27-25-22-17-15-13-11-9-7-2/h8,10,14,16,19-20,38H,6-7,9,11-13,15,17-18,21-37H2,1-5H3/b10-8+,16-14+,20-19+/t38-/m1/s1. The van der Waals surface area contributed by atoms with Gasteiger partial charge in [-0.15, -0.1) is 0 Å². The van der Waals surface area contributed by atoms with Crippen molar-refractivity contribution in [2.24, 2.45) is 0 Å². The molecule has 50 heavy (non-hydrogen) atoms. The summed E-state index contributed by atoms with van der Waals surface area (Å²) in [6.07, 6.45) is 34.5. The first kappa shape index (κ1) is 48.2. The maximum absolute atomic E-state index is 12.6. The third-order valence-corrected chi connectivity index (χ3v) is 9.14. The van der Waals surface area contributed by atoms with E-state index in [1.165, 1.54) is 44.9 Å². The molecule has 10 heteroatoms. The lowest BCUT2D eigenvalue weighted by atomic mass is 10.1. The van der Waals surface area contributed by atoms with Crippen LogP contribution >= 0.6 is 7.82 Å². The van der Waals surface area contributed by atoms with E-state index in [0.717, 1.165) is 70.6 Å². The van der Waals surface area contributed by atoms with Gasteiger partial charge in [0.25, 0.3) is 7.82 Å². The number of unbranched alkanes of at least 4 members (excludes halogenated alkanes) is 15. The Bertz CT molecular complexity index is 959. The third-order valence-electron chi connectivity index (χ3n) is 8.17. The van der Waals surface area contributed by atoms with E-state index in [2.05, 4.69) is 50.3 Å². The molecule has 0 aromatic carbocycles. The van der Waals surface area contributed by atoms with Gasteiger partial charge in [-0.3, -0.25) is 14.2 Å². The molecule has 0 fully saturated rings. The van der Waals surface area contributed by atoms with Crippen LogP contribution < -0.4 is 4.89 Å². The lowest BCUT2D eigenvalue weighted by molar-refractivity contribution is -0.870. The van der Waals surface area contributed by atoms with Crippen LogP contribution in [0.2, 0.25) is 0 Å². The summed E-state index contributed by atoms with van der Waals surface area (Å²) in [6, 6.07) is 0. The number of nitrogens with zero attached hydrogens (tertiary/aromatic N) is 1. The predicted molar refractivity (Wildman–Crippen MR) is 204 cm³/mol. The molecule has 0 aromatic rings. The second kappa shape index (κ2) is 33.1. The van der Waals surface area contributed by atoms with E-state index < -0.39 is 32.5 Å². The second-order valence-corrected chi connectivity index (χ2v) is 15.7. The zero-order chi connectivity index (χ0) is 37.2. The van der Waals surface area contributed by atoms with Crippen LogP contribution in [-0.2, 0) is 32.7 Å². The van der Waals surface area contributed by atoms with Crippen molar-refractivity contribution in [3.8, 4) is 0 Å². The molecular weight excluding hydrogens is 653 g/mol. The van der Waals surface area contributed by atoms with Gasteiger partial charge in [0.1, 0.15) is 19.8 Å². The van der Waals surface area contributed by atoms with Gasteiger partial charge in [0.15, 0.2) is 6.10 Å². The number of allylic oxidation sites excluding steroid dienone is 6. The summed E-state index contributed by atoms with van der Waals surface area (Å²) in [4.78, 5) is 37.3. The minimum atomic E-state index is -4.62. The summed E-state index contributed by atoms with van der Waals surface area (Å²) in [5.41, 5.74) is 0. The highest BCUT2D eigenvalue weighted by Crippen LogP contribution is 2.38. The van der Waals surface area contributed by atoms with Crippen LogP contribution in [0, 0.1) is 0 Å². The van der Waals surface area contributed by atoms with Crippen molar-refractivity contribution in [2.75, 3.05) is 47.5 Å². The number of carbonyl (C=O) groups excluding carboxylic acids is 2. The van der Waals surface area contributed by atoms with Crippen molar-refractivity contribution in [1.82, 2.24) is 0 Å². The molecule has 0 saturated heterocycles. The predicted octanol–water partition coefficient (Wildman–Crippen LogP) is 9.94. The van der Waals surface area contributed by atoms with Crippen LogP contribution in [0.15, 0.2) is 36.5 Å². The number of hydrogen-bond acceptors (Lipinski definition) is 8. The van der Waals surface area contributed by atoms with Gasteiger partial charge in [-0.05, 0) is 44.9 Å². The Morgan fingerprint density at radius 1 is 0.640 bits per heavy atom. The van der Waals surface area contributed by atoms with Crippen molar-refractivity contribution in [3.63, 3.8) is 0 Å². The second-order valence-electron chi connectivity index (χ2n) is 14.3. The SMILES string of the molecule is CC/C=C/C/C=C/C/C=C/CCCCCCCC(=O)OC[C@H](COP(=O)([O-])OCC[N+](C)(C)C)OC(=O)CCCCCCCCCCCCC. The molecule has 0 radical (unpaired) electrons. The normalized spacial score (nSPS) is 14.1. The van der Waals surface area contributed by atoms with Gasteiger partial charge in [0.2, 0.25) is 0 Å². The highest BCUT2D eigenvalue weighted by molar-refractivity contribution is 7.45. The van der Waals surface area contributed by atoms with Gasteiger partial charge in [0.05, 0.1) is 27.7 Å². The van der Waals surface area contributed by atoms with E-state index >= 15 is 0 Å². The number of hydrogen-bond donors (Lipinski definition) is 0. The number of phosphoric acid groups is 1. The molecule has 9 nitrogen and oxygen atoms in total. The van der Waals surface area contributed by atoms with E-state index in [1.807, 2.05) is 21.1 Å². The summed E-state index contributed by atoms with van der Waals surface area (Å²) in [6.45, 7) is 4.07. The molecule has 0 aliphatic rings. The first-order valence-electron chi connectivity index (χ1n) is 19.7. The number of likely N-dealkylation sites (N-methyl/N-ethyl adjacent to an activating group) is 1. The Hall–Kier alpha value is -1.77. The van der Waals surface area contributed by atoms with Crippen LogP contribution in [-0.4, -0.2) is 70.0 Å². The average Bonchev–Trinajstić information content (AvgIpc) is 3.06. The zero-order valence-electron chi connectivity index (χ0n) is 32.6. The number of rotatable bonds is 35. The Labute approximate surface area is 306 Å². The van der Waals surface area contributed by atoms with Crippen LogP contribution in [0.5, 0.6) is 0 Å². The lowest BCUT2D eigenvalue weighted by Crippen LogP contribution is -2.37. The van der Waals surface area contributed by atoms with Crippen LogP contribution in [0.25, 0.3) is 0 Å². The van der Waals surface area contributed by atoms with Crippen molar-refractivity contribution in [1.29, 1.82) is 0 Å². The number of phosphoric ester groups is 1. The van der Waals surface area contributed by atoms with Gasteiger partial charge >= 0.3 is 11.9 Å². The molecule has 0 spiro atoms. The highest BCUT2D eigenvalue weighted by Gasteiger charge is 2.21. The molecule has 0 amide bonds. The molecule has 1 unspecified atom stereocenters. The summed E-state index contributed by atoms with van der Waals surface area (Å²) in [7, 11) is 1.15. The van der Waals surface area contributed by atoms with Gasteiger partial charge in [-0.2, -0.15) is 0 Å². The monoisotopic (exact) mass is 728 g/mol. The zero-order valence-corrected chi connectivity index (χ0v) is 33.5. The summed E-state index contributed by atoms with van der Waals surface area (Å²) >= 11 is 0. The van der Waals surface area contributed by atoms with E-state index in [1.54, 1.807) is 0 Å². The van der Waals surface area contributed by atoms with Crippen molar-refractivity contribution in [3.05, 3.63) is 36.5 Å². The fourth-order valence-electron chi connectivity index (χ4n) is 5.08. The van der Waals surface area contributed by atoms with Crippen molar-refractivity contribution in [2.45, 2.75) is 161 Å². The quantitative estimate of drug-likeness (QED) is 0.0209. The minimum absolute atomic E-state index is 0.0334. The smallest absolute Gasteiger partial charge is 0.306 e. The summed E-state index contributed by atoms with van der Waals surface area (Å²) in [5, 5.41) is 0. The molecule has 0 aromatic heterocycles. The molecular formula is C40H74NO8P. The van der Waals surface area contributed by atoms with Gasteiger partial charge in [0, 0.05) is 12.8 Å². The fourth-order valence-corrected chi connectivity index (χ4v) is 5.81. The Balaban J connectivity index is 4.43. The molecule has 292 valence electrons. The molecule has 0 aliphatic carbocycles. The fraction of sp³-hybridized carbons (Fsp3) is 0.800. The van der Waals surface area contributed by atoms with Gasteiger partial charge in [-0.25, -0.2) is 0 Å². The Morgan fingerprint density at radius 2 is 1.14 bits per heavy atom. The highest BCUT2D eigenvalue weighted by atomic mass is 31.2. The van der Waals surface area contributed by atoms with Gasteiger partial charge in [-0.1, -0.05) is 134 Å². The van der Waals surface area contributed by atoms with E-state index in [0.29, 0.717) is 23.9 Å². The summed E-state index contributed by atoms with van der Waals surface area (Å²) < 4.78 is 33.7. The number of esters is 2. The summed E-state index contributed by atoms with van der Waals surface area (Å²) in [5.74, 6) is -0.856. The third kappa shape index (κ3) is 36.0. The molecule has 2 atom stereocenters. The first-order chi connectivity index (χ1) is 24.0. The Morgan fingerprint density at radius 3 is 1.70 bits per heavy atom. The van der Waals surface area contributed by atoms with E-state index in [9.17, 15) is 19.0 Å². The lowest BCUT2D eigenvalue weighted by Gasteiger charge is -2.28. The van der Waals surface area contributed by atoms with Gasteiger partial charge < -0.3 is 27.9 Å². The molecule has 0 aliphatic heterocycles. The molecule has 0 N–H and O–H groups in total. The molecule has 0 bridgehead atoms. The number of ether oxygens (including phenoxy) is 2. The van der Waals surface area contributed by atoms with Crippen molar-refractivity contribution >= 4 is 19.8 Å². The van der Waals surface area contributed by atoms with Crippen molar-refractivity contribution < 1.29 is 42.1 Å². The van der Waals surface area contributed by atoms with Crippen LogP contribution in [0.1, 0.15) is 155 Å².